The molecule has 1 amide bonds. The van der Waals surface area contributed by atoms with Crippen LogP contribution in [0.3, 0.4) is 0 Å². The Morgan fingerprint density at radius 3 is 2.68 bits per heavy atom. The number of carbonyl (C=O) groups excluding carboxylic acids is 1. The molecule has 108 valence electrons. The molecule has 1 saturated carbocycles. The van der Waals surface area contributed by atoms with Crippen molar-refractivity contribution in [2.75, 3.05) is 26.8 Å². The summed E-state index contributed by atoms with van der Waals surface area (Å²) >= 11 is 0. The minimum Gasteiger partial charge on any atom is -0.385 e. The van der Waals surface area contributed by atoms with Crippen molar-refractivity contribution >= 4 is 5.91 Å². The molecule has 1 heterocycles. The highest BCUT2D eigenvalue weighted by Crippen LogP contribution is 2.46. The van der Waals surface area contributed by atoms with Gasteiger partial charge in [0.25, 0.3) is 0 Å². The van der Waals surface area contributed by atoms with Crippen LogP contribution in [0.1, 0.15) is 45.4 Å². The average molecular weight is 265 g/mol. The van der Waals surface area contributed by atoms with E-state index in [2.05, 4.69) is 11.5 Å². The molecule has 1 aliphatic heterocycles. The highest BCUT2D eigenvalue weighted by Gasteiger charge is 2.44. The fraction of sp³-hybridized carbons (Fsp3) is 0.812. The summed E-state index contributed by atoms with van der Waals surface area (Å²) in [7, 11) is 1.68. The van der Waals surface area contributed by atoms with Crippen LogP contribution in [0, 0.1) is 10.8 Å². The van der Waals surface area contributed by atoms with Gasteiger partial charge < -0.3 is 9.64 Å². The summed E-state index contributed by atoms with van der Waals surface area (Å²) < 4.78 is 5.13. The Labute approximate surface area is 117 Å². The van der Waals surface area contributed by atoms with Gasteiger partial charge in [0.1, 0.15) is 0 Å². The Balaban J connectivity index is 2.01. The van der Waals surface area contributed by atoms with E-state index in [9.17, 15) is 4.79 Å². The number of hydrogen-bond donors (Lipinski definition) is 0. The Bertz CT molecular complexity index is 347. The number of carbonyl (C=O) groups is 1. The third-order valence-electron chi connectivity index (χ3n) is 5.15. The fourth-order valence-electron chi connectivity index (χ4n) is 3.61. The van der Waals surface area contributed by atoms with Crippen LogP contribution in [-0.4, -0.2) is 37.6 Å². The number of ether oxygens (including phenoxy) is 1. The van der Waals surface area contributed by atoms with E-state index in [1.807, 2.05) is 6.92 Å². The van der Waals surface area contributed by atoms with Crippen molar-refractivity contribution in [1.82, 2.24) is 4.90 Å². The Morgan fingerprint density at radius 1 is 1.42 bits per heavy atom. The van der Waals surface area contributed by atoms with Crippen molar-refractivity contribution in [3.05, 3.63) is 12.7 Å². The van der Waals surface area contributed by atoms with Crippen LogP contribution in [0.5, 0.6) is 0 Å². The van der Waals surface area contributed by atoms with Crippen molar-refractivity contribution in [3.63, 3.8) is 0 Å². The molecule has 2 fully saturated rings. The normalized spacial score (nSPS) is 24.6. The quantitative estimate of drug-likeness (QED) is 0.715. The van der Waals surface area contributed by atoms with E-state index >= 15 is 0 Å². The van der Waals surface area contributed by atoms with Gasteiger partial charge in [0, 0.05) is 26.8 Å². The third kappa shape index (κ3) is 2.86. The van der Waals surface area contributed by atoms with Gasteiger partial charge in [-0.1, -0.05) is 18.9 Å². The standard InChI is InChI=1S/C16H27NO2/c1-4-15(2,10-12-19-3)14(18)17-11-9-16(13-17)7-5-6-8-16/h4H,1,5-13H2,2-3H3. The minimum atomic E-state index is -0.472. The maximum Gasteiger partial charge on any atom is 0.232 e. The van der Waals surface area contributed by atoms with E-state index in [4.69, 9.17) is 4.74 Å². The number of rotatable bonds is 5. The van der Waals surface area contributed by atoms with E-state index in [1.54, 1.807) is 13.2 Å². The molecule has 0 aromatic rings. The van der Waals surface area contributed by atoms with Crippen LogP contribution in [0.25, 0.3) is 0 Å². The average Bonchev–Trinajstić information content (AvgIpc) is 3.06. The highest BCUT2D eigenvalue weighted by atomic mass is 16.5. The van der Waals surface area contributed by atoms with Crippen LogP contribution in [0.15, 0.2) is 12.7 Å². The molecule has 19 heavy (non-hydrogen) atoms. The van der Waals surface area contributed by atoms with Gasteiger partial charge in [0.05, 0.1) is 5.41 Å². The first-order valence-electron chi connectivity index (χ1n) is 7.47. The summed E-state index contributed by atoms with van der Waals surface area (Å²) in [6.45, 7) is 8.34. The van der Waals surface area contributed by atoms with Gasteiger partial charge in [0.15, 0.2) is 0 Å². The summed E-state index contributed by atoms with van der Waals surface area (Å²) in [6, 6.07) is 0. The second-order valence-corrected chi connectivity index (χ2v) is 6.55. The first kappa shape index (κ1) is 14.6. The molecule has 2 aliphatic rings. The Morgan fingerprint density at radius 2 is 2.11 bits per heavy atom. The van der Waals surface area contributed by atoms with Crippen LogP contribution >= 0.6 is 0 Å². The monoisotopic (exact) mass is 265 g/mol. The zero-order valence-corrected chi connectivity index (χ0v) is 12.4. The second kappa shape index (κ2) is 5.66. The lowest BCUT2D eigenvalue weighted by atomic mass is 9.84. The molecule has 0 bridgehead atoms. The van der Waals surface area contributed by atoms with Crippen LogP contribution in [0.2, 0.25) is 0 Å². The smallest absolute Gasteiger partial charge is 0.232 e. The van der Waals surface area contributed by atoms with Gasteiger partial charge in [-0.3, -0.25) is 4.79 Å². The maximum absolute atomic E-state index is 12.7. The predicted molar refractivity (Wildman–Crippen MR) is 76.9 cm³/mol. The number of methoxy groups -OCH3 is 1. The Hall–Kier alpha value is -0.830. The molecule has 1 aliphatic carbocycles. The van der Waals surface area contributed by atoms with Crippen molar-refractivity contribution in [2.45, 2.75) is 45.4 Å². The summed E-state index contributed by atoms with van der Waals surface area (Å²) in [5.41, 5.74) is -0.0286. The van der Waals surface area contributed by atoms with Crippen molar-refractivity contribution in [3.8, 4) is 0 Å². The molecular weight excluding hydrogens is 238 g/mol. The predicted octanol–water partition coefficient (Wildman–Crippen LogP) is 3.01. The number of hydrogen-bond acceptors (Lipinski definition) is 2. The summed E-state index contributed by atoms with van der Waals surface area (Å²) in [6.07, 6.45) is 8.99. The molecule has 2 rings (SSSR count). The summed E-state index contributed by atoms with van der Waals surface area (Å²) in [5, 5.41) is 0. The molecule has 0 N–H and O–H groups in total. The topological polar surface area (TPSA) is 29.5 Å². The molecule has 0 aromatic heterocycles. The first-order chi connectivity index (χ1) is 9.05. The number of amides is 1. The van der Waals surface area contributed by atoms with Gasteiger partial charge in [-0.2, -0.15) is 0 Å². The van der Waals surface area contributed by atoms with E-state index < -0.39 is 5.41 Å². The van der Waals surface area contributed by atoms with E-state index in [-0.39, 0.29) is 5.91 Å². The molecule has 0 aromatic carbocycles. The van der Waals surface area contributed by atoms with Gasteiger partial charge in [-0.05, 0) is 38.0 Å². The molecule has 3 nitrogen and oxygen atoms in total. The molecule has 1 saturated heterocycles. The number of likely N-dealkylation sites (tertiary alicyclic amines) is 1. The van der Waals surface area contributed by atoms with Crippen LogP contribution in [0.4, 0.5) is 0 Å². The van der Waals surface area contributed by atoms with Gasteiger partial charge in [0.2, 0.25) is 5.91 Å². The van der Waals surface area contributed by atoms with E-state index in [1.165, 1.54) is 32.1 Å². The zero-order valence-electron chi connectivity index (χ0n) is 12.4. The van der Waals surface area contributed by atoms with Crippen LogP contribution in [-0.2, 0) is 9.53 Å². The molecular formula is C16H27NO2. The SMILES string of the molecule is C=CC(C)(CCOC)C(=O)N1CCC2(CCCC2)C1. The molecule has 1 atom stereocenters. The Kier molecular flexibility index (Phi) is 4.34. The molecule has 1 unspecified atom stereocenters. The van der Waals surface area contributed by atoms with Gasteiger partial charge in [-0.15, -0.1) is 6.58 Å². The van der Waals surface area contributed by atoms with Crippen LogP contribution < -0.4 is 0 Å². The zero-order chi connectivity index (χ0) is 13.9. The molecule has 1 spiro atoms. The fourth-order valence-corrected chi connectivity index (χ4v) is 3.61. The molecule has 0 radical (unpaired) electrons. The van der Waals surface area contributed by atoms with Crippen molar-refractivity contribution in [2.24, 2.45) is 10.8 Å². The van der Waals surface area contributed by atoms with Crippen molar-refractivity contribution < 1.29 is 9.53 Å². The number of nitrogens with zero attached hydrogens (tertiary/aromatic N) is 1. The molecule has 3 heteroatoms. The third-order valence-corrected chi connectivity index (χ3v) is 5.15. The van der Waals surface area contributed by atoms with E-state index in [0.29, 0.717) is 12.0 Å². The largest absolute Gasteiger partial charge is 0.385 e. The second-order valence-electron chi connectivity index (χ2n) is 6.55. The highest BCUT2D eigenvalue weighted by molar-refractivity contribution is 5.84. The lowest BCUT2D eigenvalue weighted by Gasteiger charge is -2.31. The van der Waals surface area contributed by atoms with E-state index in [0.717, 1.165) is 19.5 Å². The summed E-state index contributed by atoms with van der Waals surface area (Å²) in [5.74, 6) is 0.239. The lowest BCUT2D eigenvalue weighted by Crippen LogP contribution is -2.41. The van der Waals surface area contributed by atoms with Gasteiger partial charge in [-0.25, -0.2) is 0 Å². The maximum atomic E-state index is 12.7. The summed E-state index contributed by atoms with van der Waals surface area (Å²) in [4.78, 5) is 14.8. The van der Waals surface area contributed by atoms with Crippen molar-refractivity contribution in [1.29, 1.82) is 0 Å². The first-order valence-corrected chi connectivity index (χ1v) is 7.47. The lowest BCUT2D eigenvalue weighted by molar-refractivity contribution is -0.138. The van der Waals surface area contributed by atoms with Gasteiger partial charge >= 0.3 is 0 Å². The minimum absolute atomic E-state index is 0.239.